The van der Waals surface area contributed by atoms with E-state index in [2.05, 4.69) is 141 Å². The number of unbranched alkanes of at least 4 members (excludes halogenated alkanes) is 8. The molecule has 3 atom stereocenters. The summed E-state index contributed by atoms with van der Waals surface area (Å²) >= 11 is 0. The van der Waals surface area contributed by atoms with E-state index in [1.807, 2.05) is 0 Å². The summed E-state index contributed by atoms with van der Waals surface area (Å²) in [5.41, 5.74) is 0. The monoisotopic (exact) mass is 912 g/mol. The van der Waals surface area contributed by atoms with Crippen LogP contribution >= 0.6 is 7.82 Å². The number of carbonyl (C=O) groups is 3. The molecule has 0 aliphatic heterocycles. The van der Waals surface area contributed by atoms with E-state index in [9.17, 15) is 34.1 Å². The molecule has 360 valence electrons. The fraction of sp³-hybridized carbons (Fsp3) is 0.558. The zero-order valence-corrected chi connectivity index (χ0v) is 39.9. The highest BCUT2D eigenvalue weighted by atomic mass is 31.2. The van der Waals surface area contributed by atoms with E-state index in [-0.39, 0.29) is 12.8 Å². The molecule has 12 heteroatoms. The number of carbonyl (C=O) groups excluding carboxylic acids is 2. The number of rotatable bonds is 42. The summed E-state index contributed by atoms with van der Waals surface area (Å²) in [7, 11) is -4.79. The van der Waals surface area contributed by atoms with Crippen LogP contribution in [0.15, 0.2) is 122 Å². The molecule has 0 fully saturated rings. The minimum Gasteiger partial charge on any atom is -0.480 e. The zero-order valence-electron chi connectivity index (χ0n) is 39.0. The average molecular weight is 912 g/mol. The molecular formula is C52H82NO10P. The number of nitrogens with one attached hydrogen (secondary N) is 1. The molecule has 0 aliphatic rings. The number of aliphatic hydroxyl groups excluding tert-OH is 1. The van der Waals surface area contributed by atoms with Crippen molar-refractivity contribution in [3.63, 3.8) is 0 Å². The third kappa shape index (κ3) is 44.5. The summed E-state index contributed by atoms with van der Waals surface area (Å²) in [4.78, 5) is 46.0. The standard InChI is InChI=1S/C52H82NO10P/c1-3-5-7-9-11-13-15-17-19-21-23-24-26-28-30-32-34-36-38-40-42-44-51(56)61-45-48(54)46-62-64(59,60)63-47-49(52(57)58)53-50(55)43-41-39-37-35-33-31-29-27-25-22-20-18-16-14-12-10-8-6-4-2/h5,7,11-14,17-20,23-25,27-28,30-31,33-34,36,48-49,54H,3-4,6,8-10,15-16,21-22,26,29,32,35,37-47H2,1-2H3,(H,53,55)(H,57,58)(H,59,60)/b7-5-,13-11-,14-12-,19-17-,20-18-,24-23-,27-25-,30-28-,33-31-,36-34-. The van der Waals surface area contributed by atoms with Gasteiger partial charge in [0.2, 0.25) is 5.91 Å². The highest BCUT2D eigenvalue weighted by Gasteiger charge is 2.28. The number of hydrogen-bond acceptors (Lipinski definition) is 8. The molecule has 11 nitrogen and oxygen atoms in total. The summed E-state index contributed by atoms with van der Waals surface area (Å²) in [5.74, 6) is -2.48. The van der Waals surface area contributed by atoms with Crippen molar-refractivity contribution < 1.29 is 47.8 Å². The summed E-state index contributed by atoms with van der Waals surface area (Å²) in [6.07, 6.45) is 60.8. The van der Waals surface area contributed by atoms with Gasteiger partial charge in [0.15, 0.2) is 6.04 Å². The van der Waals surface area contributed by atoms with Gasteiger partial charge in [-0.05, 0) is 109 Å². The summed E-state index contributed by atoms with van der Waals surface area (Å²) in [5, 5.41) is 21.8. The summed E-state index contributed by atoms with van der Waals surface area (Å²) < 4.78 is 26.8. The normalized spacial score (nSPS) is 14.7. The lowest BCUT2D eigenvalue weighted by molar-refractivity contribution is -0.147. The number of aliphatic carboxylic acids is 1. The van der Waals surface area contributed by atoms with Crippen molar-refractivity contribution in [1.29, 1.82) is 0 Å². The molecule has 0 saturated carbocycles. The Balaban J connectivity index is 4.03. The first-order valence-electron chi connectivity index (χ1n) is 23.6. The Labute approximate surface area is 386 Å². The summed E-state index contributed by atoms with van der Waals surface area (Å²) in [6.45, 7) is 2.37. The Bertz CT molecular complexity index is 1540. The SMILES string of the molecule is CC/C=C\C/C=C\C/C=C\C/C=C\C/C=C\C/C=C\CCCCC(=O)OCC(O)COP(=O)(O)OCC(NC(=O)CCCCC/C=C\C/C=C\C/C=C\C/C=C\CCCCC)C(=O)O. The number of ether oxygens (including phenoxy) is 1. The van der Waals surface area contributed by atoms with Crippen molar-refractivity contribution in [1.82, 2.24) is 5.32 Å². The number of carboxylic acid groups (broad SMARTS) is 1. The van der Waals surface area contributed by atoms with Gasteiger partial charge in [0, 0.05) is 12.8 Å². The predicted octanol–water partition coefficient (Wildman–Crippen LogP) is 12.8. The Kier molecular flexibility index (Phi) is 42.5. The van der Waals surface area contributed by atoms with Crippen LogP contribution in [0.2, 0.25) is 0 Å². The molecule has 0 saturated heterocycles. The Morgan fingerprint density at radius 3 is 1.34 bits per heavy atom. The Morgan fingerprint density at radius 1 is 0.516 bits per heavy atom. The third-order valence-corrected chi connectivity index (χ3v) is 10.2. The van der Waals surface area contributed by atoms with E-state index >= 15 is 0 Å². The van der Waals surface area contributed by atoms with Gasteiger partial charge in [-0.15, -0.1) is 0 Å². The molecule has 0 aromatic rings. The first-order chi connectivity index (χ1) is 31.1. The van der Waals surface area contributed by atoms with Crippen LogP contribution < -0.4 is 5.32 Å². The van der Waals surface area contributed by atoms with Gasteiger partial charge in [0.05, 0.1) is 13.2 Å². The van der Waals surface area contributed by atoms with Gasteiger partial charge in [0.1, 0.15) is 12.7 Å². The van der Waals surface area contributed by atoms with Gasteiger partial charge < -0.3 is 25.2 Å². The second kappa shape index (κ2) is 45.4. The highest BCUT2D eigenvalue weighted by Crippen LogP contribution is 2.43. The van der Waals surface area contributed by atoms with Crippen molar-refractivity contribution in [2.45, 2.75) is 167 Å². The summed E-state index contributed by atoms with van der Waals surface area (Å²) in [6, 6.07) is -1.58. The molecule has 0 aromatic heterocycles. The number of allylic oxidation sites excluding steroid dienone is 20. The number of carboxylic acids is 1. The fourth-order valence-corrected chi connectivity index (χ4v) is 6.37. The number of esters is 1. The highest BCUT2D eigenvalue weighted by molar-refractivity contribution is 7.47. The zero-order chi connectivity index (χ0) is 47.0. The second-order valence-electron chi connectivity index (χ2n) is 15.2. The van der Waals surface area contributed by atoms with E-state index < -0.39 is 57.6 Å². The van der Waals surface area contributed by atoms with Crippen molar-refractivity contribution in [2.75, 3.05) is 19.8 Å². The maximum Gasteiger partial charge on any atom is 0.472 e. The number of aliphatic hydroxyl groups is 1. The van der Waals surface area contributed by atoms with E-state index in [4.69, 9.17) is 13.8 Å². The molecule has 0 aromatic carbocycles. The number of hydrogen-bond donors (Lipinski definition) is 4. The first kappa shape index (κ1) is 59.9. The van der Waals surface area contributed by atoms with E-state index in [0.29, 0.717) is 12.8 Å². The molecule has 0 spiro atoms. The topological polar surface area (TPSA) is 169 Å². The number of phosphoric ester groups is 1. The lowest BCUT2D eigenvalue weighted by Gasteiger charge is -2.18. The van der Waals surface area contributed by atoms with Crippen LogP contribution in [-0.4, -0.2) is 64.9 Å². The third-order valence-electron chi connectivity index (χ3n) is 9.23. The van der Waals surface area contributed by atoms with Crippen LogP contribution in [0.1, 0.15) is 155 Å². The van der Waals surface area contributed by atoms with E-state index in [1.165, 1.54) is 19.3 Å². The lowest BCUT2D eigenvalue weighted by Crippen LogP contribution is -2.43. The van der Waals surface area contributed by atoms with Crippen molar-refractivity contribution >= 4 is 25.7 Å². The lowest BCUT2D eigenvalue weighted by atomic mass is 10.1. The maximum atomic E-state index is 12.3. The molecule has 0 bridgehead atoms. The number of phosphoric acid groups is 1. The van der Waals surface area contributed by atoms with Crippen LogP contribution in [0.3, 0.4) is 0 Å². The van der Waals surface area contributed by atoms with Crippen LogP contribution in [0, 0.1) is 0 Å². The van der Waals surface area contributed by atoms with Gasteiger partial charge >= 0.3 is 19.8 Å². The van der Waals surface area contributed by atoms with Gasteiger partial charge in [-0.3, -0.25) is 18.6 Å². The smallest absolute Gasteiger partial charge is 0.472 e. The fourth-order valence-electron chi connectivity index (χ4n) is 5.59. The van der Waals surface area contributed by atoms with Crippen molar-refractivity contribution in [3.05, 3.63) is 122 Å². The van der Waals surface area contributed by atoms with Gasteiger partial charge in [-0.25, -0.2) is 9.36 Å². The minimum atomic E-state index is -4.79. The molecule has 3 unspecified atom stereocenters. The minimum absolute atomic E-state index is 0.0973. The molecule has 1 amide bonds. The van der Waals surface area contributed by atoms with Crippen molar-refractivity contribution in [3.8, 4) is 0 Å². The molecule has 4 N–H and O–H groups in total. The van der Waals surface area contributed by atoms with Crippen LogP contribution in [0.25, 0.3) is 0 Å². The molecule has 0 radical (unpaired) electrons. The van der Waals surface area contributed by atoms with Gasteiger partial charge in [-0.2, -0.15) is 0 Å². The van der Waals surface area contributed by atoms with Crippen molar-refractivity contribution in [2.24, 2.45) is 0 Å². The quantitative estimate of drug-likeness (QED) is 0.0200. The van der Waals surface area contributed by atoms with Gasteiger partial charge in [-0.1, -0.05) is 155 Å². The Morgan fingerprint density at radius 2 is 0.906 bits per heavy atom. The van der Waals surface area contributed by atoms with Crippen LogP contribution in [0.4, 0.5) is 0 Å². The Hall–Kier alpha value is -4.12. The maximum absolute atomic E-state index is 12.3. The molecule has 0 rings (SSSR count). The molecule has 0 heterocycles. The average Bonchev–Trinajstić information content (AvgIpc) is 3.27. The largest absolute Gasteiger partial charge is 0.480 e. The second-order valence-corrected chi connectivity index (χ2v) is 16.7. The molecular weight excluding hydrogens is 830 g/mol. The molecule has 64 heavy (non-hydrogen) atoms. The van der Waals surface area contributed by atoms with Gasteiger partial charge in [0.25, 0.3) is 0 Å². The number of amides is 1. The predicted molar refractivity (Wildman–Crippen MR) is 263 cm³/mol. The van der Waals surface area contributed by atoms with Crippen LogP contribution in [-0.2, 0) is 32.7 Å². The van der Waals surface area contributed by atoms with E-state index in [1.54, 1.807) is 0 Å². The van der Waals surface area contributed by atoms with E-state index in [0.717, 1.165) is 96.3 Å². The molecule has 0 aliphatic carbocycles. The van der Waals surface area contributed by atoms with Crippen LogP contribution in [0.5, 0.6) is 0 Å². The first-order valence-corrected chi connectivity index (χ1v) is 25.1.